The highest BCUT2D eigenvalue weighted by Crippen LogP contribution is 2.21. The van der Waals surface area contributed by atoms with Crippen molar-refractivity contribution in [3.05, 3.63) is 0 Å². The van der Waals surface area contributed by atoms with Crippen molar-refractivity contribution in [1.29, 1.82) is 0 Å². The molecule has 2 atom stereocenters. The zero-order valence-corrected chi connectivity index (χ0v) is 12.2. The van der Waals surface area contributed by atoms with E-state index in [0.29, 0.717) is 13.2 Å². The number of carbonyl (C=O) groups excluding carboxylic acids is 1. The Hall–Kier alpha value is -0.260. The van der Waals surface area contributed by atoms with Crippen molar-refractivity contribution in [3.63, 3.8) is 0 Å². The smallest absolute Gasteiger partial charge is 0.308 e. The van der Waals surface area contributed by atoms with Crippen molar-refractivity contribution in [1.82, 2.24) is 4.90 Å². The minimum absolute atomic E-state index is 0.107. The topological polar surface area (TPSA) is 49.8 Å². The number of carbonyl (C=O) groups is 1. The minimum atomic E-state index is -0.602. The number of hydrogen-bond donors (Lipinski definition) is 1. The van der Waals surface area contributed by atoms with Crippen LogP contribution < -0.4 is 0 Å². The fourth-order valence-electron chi connectivity index (χ4n) is 2.32. The van der Waals surface area contributed by atoms with Crippen LogP contribution in [0.3, 0.4) is 0 Å². The summed E-state index contributed by atoms with van der Waals surface area (Å²) in [5, 5.41) is 10.6. The highest BCUT2D eigenvalue weighted by Gasteiger charge is 2.20. The molecule has 0 aromatic rings. The van der Waals surface area contributed by atoms with E-state index < -0.39 is 6.10 Å². The first kappa shape index (κ1) is 15.8. The molecule has 0 bridgehead atoms. The van der Waals surface area contributed by atoms with Crippen LogP contribution in [0.5, 0.6) is 0 Å². The maximum Gasteiger partial charge on any atom is 0.308 e. The molecule has 2 unspecified atom stereocenters. The number of esters is 1. The number of ether oxygens (including phenoxy) is 1. The van der Waals surface area contributed by atoms with Crippen LogP contribution in [0.1, 0.15) is 32.6 Å². The summed E-state index contributed by atoms with van der Waals surface area (Å²) in [6, 6.07) is 0. The van der Waals surface area contributed by atoms with Crippen LogP contribution in [0.25, 0.3) is 0 Å². The number of likely N-dealkylation sites (tertiary alicyclic amines) is 1. The van der Waals surface area contributed by atoms with Gasteiger partial charge in [-0.05, 0) is 45.5 Å². The fourth-order valence-corrected chi connectivity index (χ4v) is 3.06. The molecular formula is C13H25NO3S. The third kappa shape index (κ3) is 6.07. The average molecular weight is 275 g/mol. The van der Waals surface area contributed by atoms with Crippen molar-refractivity contribution in [2.75, 3.05) is 32.5 Å². The zero-order valence-electron chi connectivity index (χ0n) is 11.4. The number of aliphatic hydroxyl groups excluding tert-OH is 1. The normalized spacial score (nSPS) is 23.4. The molecular weight excluding hydrogens is 250 g/mol. The van der Waals surface area contributed by atoms with E-state index in [1.807, 2.05) is 11.8 Å². The SMILES string of the molecule is CCOC(=O)CC(O)CN1CCCC(SC)CC1. The molecule has 5 heteroatoms. The second-order valence-corrected chi connectivity index (χ2v) is 5.89. The molecule has 0 aromatic carbocycles. The molecule has 1 N–H and O–H groups in total. The Kier molecular flexibility index (Phi) is 7.70. The molecule has 18 heavy (non-hydrogen) atoms. The molecule has 1 saturated heterocycles. The molecule has 0 saturated carbocycles. The van der Waals surface area contributed by atoms with Gasteiger partial charge < -0.3 is 14.7 Å². The Morgan fingerprint density at radius 3 is 2.94 bits per heavy atom. The van der Waals surface area contributed by atoms with E-state index >= 15 is 0 Å². The van der Waals surface area contributed by atoms with Gasteiger partial charge in [0.15, 0.2) is 0 Å². The summed E-state index contributed by atoms with van der Waals surface area (Å²) in [7, 11) is 0. The number of β-amino-alcohol motifs (C(OH)–C–C–N with tert-alkyl or cyclic N) is 1. The van der Waals surface area contributed by atoms with E-state index in [-0.39, 0.29) is 12.4 Å². The maximum absolute atomic E-state index is 11.3. The second kappa shape index (κ2) is 8.77. The van der Waals surface area contributed by atoms with Crippen LogP contribution in [-0.4, -0.2) is 59.8 Å². The molecule has 1 aliphatic heterocycles. The lowest BCUT2D eigenvalue weighted by atomic mass is 10.2. The molecule has 1 rings (SSSR count). The largest absolute Gasteiger partial charge is 0.466 e. The van der Waals surface area contributed by atoms with Gasteiger partial charge in [0.1, 0.15) is 0 Å². The molecule has 1 heterocycles. The van der Waals surface area contributed by atoms with Gasteiger partial charge in [-0.2, -0.15) is 11.8 Å². The van der Waals surface area contributed by atoms with Crippen LogP contribution in [0.4, 0.5) is 0 Å². The molecule has 0 spiro atoms. The minimum Gasteiger partial charge on any atom is -0.466 e. The van der Waals surface area contributed by atoms with Gasteiger partial charge in [0.25, 0.3) is 0 Å². The first-order valence-electron chi connectivity index (χ1n) is 6.74. The van der Waals surface area contributed by atoms with E-state index in [1.165, 1.54) is 19.3 Å². The highest BCUT2D eigenvalue weighted by molar-refractivity contribution is 7.99. The Balaban J connectivity index is 2.26. The van der Waals surface area contributed by atoms with Gasteiger partial charge in [-0.15, -0.1) is 0 Å². The number of aliphatic hydroxyl groups is 1. The van der Waals surface area contributed by atoms with Crippen molar-refractivity contribution < 1.29 is 14.6 Å². The summed E-state index contributed by atoms with van der Waals surface area (Å²) in [5.74, 6) is -0.304. The number of hydrogen-bond acceptors (Lipinski definition) is 5. The van der Waals surface area contributed by atoms with Gasteiger partial charge in [0.05, 0.1) is 19.1 Å². The van der Waals surface area contributed by atoms with E-state index in [9.17, 15) is 9.90 Å². The third-order valence-electron chi connectivity index (χ3n) is 3.28. The Bertz CT molecular complexity index is 250. The monoisotopic (exact) mass is 275 g/mol. The van der Waals surface area contributed by atoms with Crippen molar-refractivity contribution >= 4 is 17.7 Å². The Labute approximate surface area is 114 Å². The van der Waals surface area contributed by atoms with E-state index in [1.54, 1.807) is 6.92 Å². The molecule has 0 aromatic heterocycles. The number of thioether (sulfide) groups is 1. The summed E-state index contributed by atoms with van der Waals surface area (Å²) < 4.78 is 4.84. The van der Waals surface area contributed by atoms with E-state index in [2.05, 4.69) is 11.2 Å². The molecule has 1 aliphatic rings. The van der Waals surface area contributed by atoms with Gasteiger partial charge in [-0.1, -0.05) is 0 Å². The number of nitrogens with zero attached hydrogens (tertiary/aromatic N) is 1. The predicted octanol–water partition coefficient (Wildman–Crippen LogP) is 1.52. The van der Waals surface area contributed by atoms with Crippen LogP contribution in [0.15, 0.2) is 0 Å². The molecule has 106 valence electrons. The van der Waals surface area contributed by atoms with Gasteiger partial charge in [-0.25, -0.2) is 0 Å². The van der Waals surface area contributed by atoms with Crippen LogP contribution in [0, 0.1) is 0 Å². The second-order valence-electron chi connectivity index (χ2n) is 4.75. The number of rotatable bonds is 6. The van der Waals surface area contributed by atoms with Gasteiger partial charge in [0, 0.05) is 11.8 Å². The van der Waals surface area contributed by atoms with E-state index in [0.717, 1.165) is 18.3 Å². The van der Waals surface area contributed by atoms with Crippen LogP contribution in [0.2, 0.25) is 0 Å². The Morgan fingerprint density at radius 1 is 1.50 bits per heavy atom. The summed E-state index contributed by atoms with van der Waals surface area (Å²) in [4.78, 5) is 13.5. The summed E-state index contributed by atoms with van der Waals surface area (Å²) in [6.45, 7) is 4.79. The van der Waals surface area contributed by atoms with Gasteiger partial charge in [0.2, 0.25) is 0 Å². The molecule has 0 amide bonds. The van der Waals surface area contributed by atoms with Crippen molar-refractivity contribution in [2.24, 2.45) is 0 Å². The van der Waals surface area contributed by atoms with Crippen LogP contribution in [-0.2, 0) is 9.53 Å². The van der Waals surface area contributed by atoms with Crippen molar-refractivity contribution in [2.45, 2.75) is 44.0 Å². The molecule has 0 aliphatic carbocycles. The fraction of sp³-hybridized carbons (Fsp3) is 0.923. The lowest BCUT2D eigenvalue weighted by molar-refractivity contribution is -0.145. The van der Waals surface area contributed by atoms with Gasteiger partial charge >= 0.3 is 5.97 Å². The quantitative estimate of drug-likeness (QED) is 0.745. The summed E-state index contributed by atoms with van der Waals surface area (Å²) in [5.41, 5.74) is 0. The molecule has 0 radical (unpaired) electrons. The van der Waals surface area contributed by atoms with Gasteiger partial charge in [-0.3, -0.25) is 4.79 Å². The van der Waals surface area contributed by atoms with E-state index in [4.69, 9.17) is 4.74 Å². The Morgan fingerprint density at radius 2 is 2.28 bits per heavy atom. The van der Waals surface area contributed by atoms with Crippen LogP contribution >= 0.6 is 11.8 Å². The standard InChI is InChI=1S/C13H25NO3S/c1-3-17-13(16)9-11(15)10-14-7-4-5-12(18-2)6-8-14/h11-12,15H,3-10H2,1-2H3. The lowest BCUT2D eigenvalue weighted by Gasteiger charge is -2.22. The first-order chi connectivity index (χ1) is 8.65. The molecule has 4 nitrogen and oxygen atoms in total. The third-order valence-corrected chi connectivity index (χ3v) is 4.42. The average Bonchev–Trinajstić information content (AvgIpc) is 2.54. The predicted molar refractivity (Wildman–Crippen MR) is 74.9 cm³/mol. The van der Waals surface area contributed by atoms with Crippen molar-refractivity contribution in [3.8, 4) is 0 Å². The zero-order chi connectivity index (χ0) is 13.4. The lowest BCUT2D eigenvalue weighted by Crippen LogP contribution is -2.34. The highest BCUT2D eigenvalue weighted by atomic mass is 32.2. The summed E-state index contributed by atoms with van der Waals surface area (Å²) >= 11 is 1.93. The summed E-state index contributed by atoms with van der Waals surface area (Å²) in [6.07, 6.45) is 5.28. The maximum atomic E-state index is 11.3. The molecule has 1 fully saturated rings. The first-order valence-corrected chi connectivity index (χ1v) is 8.03.